The number of aliphatic hydroxyl groups is 1. The molecule has 2 aliphatic rings. The molecule has 0 spiro atoms. The first kappa shape index (κ1) is 26.2. The number of nitrogens with one attached hydrogen (secondary N) is 1. The van der Waals surface area contributed by atoms with Crippen molar-refractivity contribution >= 4 is 57.7 Å². The van der Waals surface area contributed by atoms with Gasteiger partial charge in [0.25, 0.3) is 11.8 Å². The van der Waals surface area contributed by atoms with Gasteiger partial charge in [-0.3, -0.25) is 14.5 Å². The SMILES string of the molecule is Nc1nc(C(=NOC(F)F)C(=O)N[C@@H]2C(=O)N3C(C(=O)O)=C(C[n+]4ccc(N)n4CCO)CS[C@H]23)ns1. The monoisotopic (exact) mass is 560 g/mol. The van der Waals surface area contributed by atoms with Crippen molar-refractivity contribution in [3.05, 3.63) is 29.4 Å². The number of aliphatic carboxylic acids is 1. The second-order valence-electron chi connectivity index (χ2n) is 7.57. The Morgan fingerprint density at radius 2 is 2.16 bits per heavy atom. The molecule has 7 N–H and O–H groups in total. The molecule has 0 radical (unpaired) electrons. The number of carbonyl (C=O) groups is 3. The number of amides is 2. The van der Waals surface area contributed by atoms with Crippen LogP contribution in [-0.4, -0.2) is 83.0 Å². The summed E-state index contributed by atoms with van der Waals surface area (Å²) in [5, 5.41) is 23.7. The third-order valence-corrected chi connectivity index (χ3v) is 7.20. The number of carboxylic acids is 1. The lowest BCUT2D eigenvalue weighted by Crippen LogP contribution is -2.71. The number of hydrogen-bond acceptors (Lipinski definition) is 12. The highest BCUT2D eigenvalue weighted by atomic mass is 32.2. The van der Waals surface area contributed by atoms with Crippen molar-refractivity contribution < 1.29 is 42.9 Å². The lowest BCUT2D eigenvalue weighted by molar-refractivity contribution is -0.767. The van der Waals surface area contributed by atoms with Gasteiger partial charge in [0.1, 0.15) is 23.7 Å². The van der Waals surface area contributed by atoms with Crippen molar-refractivity contribution in [1.82, 2.24) is 24.3 Å². The molecule has 198 valence electrons. The average molecular weight is 561 g/mol. The number of carboxylic acid groups (broad SMARTS) is 1. The summed E-state index contributed by atoms with van der Waals surface area (Å²) in [6.07, 6.45) is 1.62. The molecular weight excluding hydrogens is 540 g/mol. The molecule has 2 aromatic rings. The Balaban J connectivity index is 1.55. The number of hydrogen-bond donors (Lipinski definition) is 5. The van der Waals surface area contributed by atoms with Gasteiger partial charge in [0, 0.05) is 22.9 Å². The van der Waals surface area contributed by atoms with Crippen LogP contribution in [-0.2, 0) is 32.3 Å². The number of rotatable bonds is 10. The molecule has 2 amide bonds. The van der Waals surface area contributed by atoms with Crippen LogP contribution in [0.2, 0.25) is 0 Å². The van der Waals surface area contributed by atoms with Gasteiger partial charge in [-0.1, -0.05) is 5.16 Å². The molecule has 2 aromatic heterocycles. The molecule has 0 unspecified atom stereocenters. The minimum atomic E-state index is -3.33. The van der Waals surface area contributed by atoms with Crippen LogP contribution in [0.25, 0.3) is 0 Å². The van der Waals surface area contributed by atoms with Crippen LogP contribution in [0, 0.1) is 0 Å². The van der Waals surface area contributed by atoms with E-state index in [9.17, 15) is 33.4 Å². The normalized spacial score (nSPS) is 19.6. The quantitative estimate of drug-likeness (QED) is 0.0942. The Hall–Kier alpha value is -3.84. The lowest BCUT2D eigenvalue weighted by atomic mass is 10.0. The summed E-state index contributed by atoms with van der Waals surface area (Å²) in [7, 11) is 0. The van der Waals surface area contributed by atoms with Gasteiger partial charge >= 0.3 is 12.6 Å². The highest BCUT2D eigenvalue weighted by Gasteiger charge is 2.55. The zero-order valence-corrected chi connectivity index (χ0v) is 20.3. The number of carbonyl (C=O) groups excluding carboxylic acids is 2. The highest BCUT2D eigenvalue weighted by molar-refractivity contribution is 8.00. The molecule has 0 aromatic carbocycles. The molecule has 15 nitrogen and oxygen atoms in total. The van der Waals surface area contributed by atoms with Gasteiger partial charge < -0.3 is 31.8 Å². The summed E-state index contributed by atoms with van der Waals surface area (Å²) in [5.74, 6) is -2.98. The molecule has 0 aliphatic carbocycles. The standard InChI is InChI=1S/C18H19F2N9O6S2/c19-17(20)35-25-9(12-24-18(22)37-26-12)13(31)23-10-14(32)29-11(16(33)34)7(6-36-15(10)29)5-27-2-1-8(21)28(27)3-4-30/h1-2,10,15,17,21,30H,3-6H2,(H4,22,23,24,26,31,33,34)/p+1/t10-,15-/m1/s1. The minimum Gasteiger partial charge on any atom is -0.477 e. The molecule has 4 rings (SSSR count). The molecule has 1 saturated heterocycles. The fourth-order valence-electron chi connectivity index (χ4n) is 3.79. The maximum absolute atomic E-state index is 12.9. The van der Waals surface area contributed by atoms with Crippen LogP contribution >= 0.6 is 23.3 Å². The lowest BCUT2D eigenvalue weighted by Gasteiger charge is -2.49. The number of β-lactam (4-membered cyclic amide) rings is 1. The third-order valence-electron chi connectivity index (χ3n) is 5.32. The van der Waals surface area contributed by atoms with Gasteiger partial charge in [0.05, 0.1) is 12.7 Å². The molecule has 19 heteroatoms. The van der Waals surface area contributed by atoms with Crippen molar-refractivity contribution in [2.24, 2.45) is 5.16 Å². The molecule has 2 atom stereocenters. The number of nitrogens with two attached hydrogens (primary N) is 2. The number of nitrogen functional groups attached to an aromatic ring is 2. The first-order chi connectivity index (χ1) is 17.6. The number of oxime groups is 1. The van der Waals surface area contributed by atoms with E-state index in [4.69, 9.17) is 11.5 Å². The van der Waals surface area contributed by atoms with Crippen LogP contribution in [0.5, 0.6) is 0 Å². The largest absolute Gasteiger partial charge is 0.477 e. The molecular formula is C18H20F2N9O6S2+. The molecule has 4 heterocycles. The van der Waals surface area contributed by atoms with E-state index in [-0.39, 0.29) is 42.1 Å². The maximum Gasteiger partial charge on any atom is 0.407 e. The summed E-state index contributed by atoms with van der Waals surface area (Å²) in [6.45, 7) is -3.26. The summed E-state index contributed by atoms with van der Waals surface area (Å²) < 4.78 is 32.0. The van der Waals surface area contributed by atoms with Crippen LogP contribution in [0.3, 0.4) is 0 Å². The summed E-state index contributed by atoms with van der Waals surface area (Å²) >= 11 is 1.89. The van der Waals surface area contributed by atoms with E-state index in [0.717, 1.165) is 4.90 Å². The van der Waals surface area contributed by atoms with Crippen molar-refractivity contribution in [2.75, 3.05) is 23.8 Å². The van der Waals surface area contributed by atoms with E-state index in [1.807, 2.05) is 0 Å². The average Bonchev–Trinajstić information content (AvgIpc) is 3.42. The van der Waals surface area contributed by atoms with Crippen LogP contribution in [0.1, 0.15) is 5.82 Å². The van der Waals surface area contributed by atoms with E-state index >= 15 is 0 Å². The number of fused-ring (bicyclic) bond motifs is 1. The molecule has 1 fully saturated rings. The smallest absolute Gasteiger partial charge is 0.407 e. The van der Waals surface area contributed by atoms with E-state index in [1.165, 1.54) is 11.8 Å². The van der Waals surface area contributed by atoms with Crippen LogP contribution < -0.4 is 21.5 Å². The van der Waals surface area contributed by atoms with E-state index < -0.39 is 41.5 Å². The van der Waals surface area contributed by atoms with Crippen LogP contribution in [0.15, 0.2) is 28.7 Å². The minimum absolute atomic E-state index is 0.0604. The second-order valence-corrected chi connectivity index (χ2v) is 9.45. The molecule has 0 bridgehead atoms. The van der Waals surface area contributed by atoms with Crippen LogP contribution in [0.4, 0.5) is 19.7 Å². The predicted molar refractivity (Wildman–Crippen MR) is 124 cm³/mol. The summed E-state index contributed by atoms with van der Waals surface area (Å²) in [5.41, 5.74) is 10.8. The highest BCUT2D eigenvalue weighted by Crippen LogP contribution is 2.40. The summed E-state index contributed by atoms with van der Waals surface area (Å²) in [4.78, 5) is 46.5. The Bertz CT molecular complexity index is 1300. The van der Waals surface area contributed by atoms with E-state index in [0.29, 0.717) is 22.9 Å². The first-order valence-corrected chi connectivity index (χ1v) is 12.2. The van der Waals surface area contributed by atoms with Gasteiger partial charge in [0.2, 0.25) is 11.5 Å². The van der Waals surface area contributed by atoms with E-state index in [1.54, 1.807) is 21.6 Å². The Labute approximate surface area is 214 Å². The van der Waals surface area contributed by atoms with Crippen molar-refractivity contribution in [3.8, 4) is 0 Å². The second kappa shape index (κ2) is 10.6. The fraction of sp³-hybridized carbons (Fsp3) is 0.389. The maximum atomic E-state index is 12.9. The molecule has 2 aliphatic heterocycles. The fourth-order valence-corrected chi connectivity index (χ4v) is 5.56. The third kappa shape index (κ3) is 5.18. The van der Waals surface area contributed by atoms with Crippen molar-refractivity contribution in [2.45, 2.75) is 31.1 Å². The van der Waals surface area contributed by atoms with Gasteiger partial charge in [0.15, 0.2) is 23.7 Å². The number of thioether (sulfide) groups is 1. The number of aliphatic hydroxyl groups excluding tert-OH is 1. The number of nitrogens with zero attached hydrogens (tertiary/aromatic N) is 6. The predicted octanol–water partition coefficient (Wildman–Crippen LogP) is -1.83. The number of anilines is 2. The zero-order chi connectivity index (χ0) is 26.9. The topological polar surface area (TPSA) is 215 Å². The number of alkyl halides is 2. The first-order valence-electron chi connectivity index (χ1n) is 10.4. The van der Waals surface area contributed by atoms with Gasteiger partial charge in [-0.05, 0) is 0 Å². The van der Waals surface area contributed by atoms with Gasteiger partial charge in [-0.15, -0.1) is 21.1 Å². The number of halogens is 2. The van der Waals surface area contributed by atoms with Gasteiger partial charge in [-0.2, -0.15) is 18.1 Å². The Morgan fingerprint density at radius 1 is 1.41 bits per heavy atom. The van der Waals surface area contributed by atoms with Gasteiger partial charge in [-0.25, -0.2) is 4.79 Å². The molecule has 0 saturated carbocycles. The van der Waals surface area contributed by atoms with Crippen molar-refractivity contribution in [3.63, 3.8) is 0 Å². The Morgan fingerprint density at radius 3 is 2.78 bits per heavy atom. The number of aromatic nitrogens is 4. The van der Waals surface area contributed by atoms with Crippen molar-refractivity contribution in [1.29, 1.82) is 0 Å². The molecule has 37 heavy (non-hydrogen) atoms. The van der Waals surface area contributed by atoms with E-state index in [2.05, 4.69) is 24.7 Å². The zero-order valence-electron chi connectivity index (χ0n) is 18.7. The summed E-state index contributed by atoms with van der Waals surface area (Å²) in [6, 6.07) is 0.417. The Kier molecular flexibility index (Phi) is 7.55.